The van der Waals surface area contributed by atoms with E-state index in [4.69, 9.17) is 9.47 Å². The third-order valence-electron chi connectivity index (χ3n) is 4.72. The van der Waals surface area contributed by atoms with Gasteiger partial charge in [-0.05, 0) is 42.0 Å². The predicted molar refractivity (Wildman–Crippen MR) is 133 cm³/mol. The van der Waals surface area contributed by atoms with Crippen LogP contribution in [0.3, 0.4) is 0 Å². The van der Waals surface area contributed by atoms with Crippen molar-refractivity contribution in [1.82, 2.24) is 4.57 Å². The van der Waals surface area contributed by atoms with E-state index in [1.807, 2.05) is 75.4 Å². The molecule has 0 aliphatic heterocycles. The second kappa shape index (κ2) is 10.3. The molecule has 3 rings (SSSR count). The van der Waals surface area contributed by atoms with Crippen LogP contribution in [-0.2, 0) is 11.3 Å². The van der Waals surface area contributed by atoms with Gasteiger partial charge in [-0.2, -0.15) is 0 Å². The number of hydrogen-bond donors (Lipinski definition) is 0. The molecule has 0 saturated heterocycles. The lowest BCUT2D eigenvalue weighted by molar-refractivity contribution is -0.120. The van der Waals surface area contributed by atoms with Crippen LogP contribution < -0.4 is 24.2 Å². The highest BCUT2D eigenvalue weighted by atomic mass is 79.9. The quantitative estimate of drug-likeness (QED) is 0.477. The highest BCUT2D eigenvalue weighted by molar-refractivity contribution is 9.10. The van der Waals surface area contributed by atoms with E-state index in [2.05, 4.69) is 15.9 Å². The molecule has 32 heavy (non-hydrogen) atoms. The fourth-order valence-corrected chi connectivity index (χ4v) is 4.29. The minimum absolute atomic E-state index is 0.0311. The smallest absolute Gasteiger partial charge is 0.269 e. The van der Waals surface area contributed by atoms with E-state index < -0.39 is 5.41 Å². The topological polar surface area (TPSA) is 57.5 Å². The van der Waals surface area contributed by atoms with E-state index in [0.29, 0.717) is 28.1 Å². The Morgan fingerprint density at radius 1 is 1.12 bits per heavy atom. The lowest BCUT2D eigenvalue weighted by Gasteiger charge is -2.13. The number of nitrogens with zero attached hydrogens (tertiary/aromatic N) is 1. The van der Waals surface area contributed by atoms with Crippen molar-refractivity contribution in [3.8, 4) is 11.5 Å². The van der Waals surface area contributed by atoms with Gasteiger partial charge >= 0.3 is 0 Å². The SMILES string of the molecule is COc1ccc(/C=c2/s/c(=C/C(=O)C(C)(C)C)n(CCOc3cccc(Br)c3)c2=O)cc1. The van der Waals surface area contributed by atoms with E-state index in [9.17, 15) is 9.59 Å². The number of ether oxygens (including phenoxy) is 2. The van der Waals surface area contributed by atoms with Crippen LogP contribution in [0.25, 0.3) is 12.2 Å². The Morgan fingerprint density at radius 3 is 2.47 bits per heavy atom. The van der Waals surface area contributed by atoms with Gasteiger partial charge in [-0.3, -0.25) is 14.2 Å². The van der Waals surface area contributed by atoms with Gasteiger partial charge in [0, 0.05) is 16.0 Å². The largest absolute Gasteiger partial charge is 0.497 e. The molecule has 0 fully saturated rings. The number of ketones is 1. The highest BCUT2D eigenvalue weighted by Gasteiger charge is 2.19. The molecule has 1 aromatic heterocycles. The molecule has 0 bridgehead atoms. The van der Waals surface area contributed by atoms with Crippen molar-refractivity contribution in [1.29, 1.82) is 0 Å². The number of benzene rings is 2. The number of aromatic nitrogens is 1. The molecule has 168 valence electrons. The molecular formula is C25H26BrNO4S. The Labute approximate surface area is 199 Å². The van der Waals surface area contributed by atoms with Gasteiger partial charge in [-0.1, -0.05) is 54.9 Å². The molecule has 5 nitrogen and oxygen atoms in total. The summed E-state index contributed by atoms with van der Waals surface area (Å²) in [6, 6.07) is 15.0. The Morgan fingerprint density at radius 2 is 1.84 bits per heavy atom. The van der Waals surface area contributed by atoms with Crippen LogP contribution >= 0.6 is 27.3 Å². The lowest BCUT2D eigenvalue weighted by Crippen LogP contribution is -2.34. The second-order valence-corrected chi connectivity index (χ2v) is 10.2. The summed E-state index contributed by atoms with van der Waals surface area (Å²) in [6.45, 7) is 6.23. The minimum atomic E-state index is -0.530. The maximum atomic E-state index is 13.2. The van der Waals surface area contributed by atoms with Gasteiger partial charge < -0.3 is 9.47 Å². The standard InChI is InChI=1S/C25H26BrNO4S/c1-25(2,3)22(28)16-23-27(12-13-31-20-7-5-6-18(26)15-20)24(29)21(32-23)14-17-8-10-19(30-4)11-9-17/h5-11,14-16H,12-13H2,1-4H3/b21-14+,23-16+. The van der Waals surface area contributed by atoms with Gasteiger partial charge in [0.2, 0.25) is 0 Å². The van der Waals surface area contributed by atoms with Gasteiger partial charge in [0.15, 0.2) is 5.78 Å². The molecule has 0 spiro atoms. The molecule has 0 radical (unpaired) electrons. The number of carbonyl (C=O) groups is 1. The molecule has 0 aliphatic carbocycles. The molecule has 1 heterocycles. The first kappa shape index (κ1) is 24.0. The van der Waals surface area contributed by atoms with E-state index in [1.165, 1.54) is 11.3 Å². The van der Waals surface area contributed by atoms with Crippen LogP contribution in [-0.4, -0.2) is 24.1 Å². The third-order valence-corrected chi connectivity index (χ3v) is 6.28. The van der Waals surface area contributed by atoms with Crippen molar-refractivity contribution < 1.29 is 14.3 Å². The zero-order chi connectivity index (χ0) is 23.3. The average Bonchev–Trinajstić information content (AvgIpc) is 3.02. The summed E-state index contributed by atoms with van der Waals surface area (Å²) in [6.07, 6.45) is 3.40. The van der Waals surface area contributed by atoms with Crippen molar-refractivity contribution in [3.05, 3.63) is 78.1 Å². The Balaban J connectivity index is 1.97. The number of halogens is 1. The normalized spacial score (nSPS) is 12.8. The molecule has 2 aromatic carbocycles. The van der Waals surface area contributed by atoms with E-state index in [0.717, 1.165) is 15.8 Å². The van der Waals surface area contributed by atoms with E-state index >= 15 is 0 Å². The third kappa shape index (κ3) is 6.20. The number of rotatable bonds is 7. The zero-order valence-corrected chi connectivity index (χ0v) is 21.0. The molecule has 0 unspecified atom stereocenters. The molecule has 0 saturated carbocycles. The first-order chi connectivity index (χ1) is 15.2. The molecule has 7 heteroatoms. The van der Waals surface area contributed by atoms with Crippen molar-refractivity contribution in [2.75, 3.05) is 13.7 Å². The maximum absolute atomic E-state index is 13.2. The molecule has 3 aromatic rings. The molecular weight excluding hydrogens is 490 g/mol. The van der Waals surface area contributed by atoms with Gasteiger partial charge in [-0.25, -0.2) is 0 Å². The van der Waals surface area contributed by atoms with Crippen LogP contribution in [0.2, 0.25) is 0 Å². The van der Waals surface area contributed by atoms with Crippen LogP contribution in [0.1, 0.15) is 26.3 Å². The van der Waals surface area contributed by atoms with Crippen molar-refractivity contribution in [2.24, 2.45) is 5.41 Å². The summed E-state index contributed by atoms with van der Waals surface area (Å²) >= 11 is 4.73. The fraction of sp³-hybridized carbons (Fsp3) is 0.280. The average molecular weight is 516 g/mol. The van der Waals surface area contributed by atoms with Crippen LogP contribution in [0, 0.1) is 5.41 Å². The van der Waals surface area contributed by atoms with Gasteiger partial charge in [0.25, 0.3) is 5.56 Å². The zero-order valence-electron chi connectivity index (χ0n) is 18.6. The monoisotopic (exact) mass is 515 g/mol. The highest BCUT2D eigenvalue weighted by Crippen LogP contribution is 2.18. The van der Waals surface area contributed by atoms with E-state index in [1.54, 1.807) is 17.8 Å². The maximum Gasteiger partial charge on any atom is 0.269 e. The van der Waals surface area contributed by atoms with E-state index in [-0.39, 0.29) is 11.3 Å². The molecule has 0 amide bonds. The second-order valence-electron chi connectivity index (χ2n) is 8.24. The summed E-state index contributed by atoms with van der Waals surface area (Å²) in [4.78, 5) is 25.8. The first-order valence-electron chi connectivity index (χ1n) is 10.2. The molecule has 0 atom stereocenters. The summed E-state index contributed by atoms with van der Waals surface area (Å²) in [7, 11) is 1.61. The van der Waals surface area contributed by atoms with Crippen molar-refractivity contribution in [3.63, 3.8) is 0 Å². The Bertz CT molecular complexity index is 1270. The number of Topliss-reactive ketones (excluding diaryl/α,β-unsaturated/α-hetero) is 1. The van der Waals surface area contributed by atoms with Crippen molar-refractivity contribution >= 4 is 45.2 Å². The number of carbonyl (C=O) groups excluding carboxylic acids is 1. The first-order valence-corrected chi connectivity index (χ1v) is 11.8. The summed E-state index contributed by atoms with van der Waals surface area (Å²) < 4.78 is 14.7. The lowest BCUT2D eigenvalue weighted by atomic mass is 9.91. The number of methoxy groups -OCH3 is 1. The Hall–Kier alpha value is -2.64. The summed E-state index contributed by atoms with van der Waals surface area (Å²) in [5.74, 6) is 1.43. The van der Waals surface area contributed by atoms with Crippen LogP contribution in [0.4, 0.5) is 0 Å². The fourth-order valence-electron chi connectivity index (χ4n) is 2.85. The summed E-state index contributed by atoms with van der Waals surface area (Å²) in [5.41, 5.74) is 0.212. The molecule has 0 aliphatic rings. The number of hydrogen-bond acceptors (Lipinski definition) is 5. The van der Waals surface area contributed by atoms with Gasteiger partial charge in [-0.15, -0.1) is 11.3 Å². The number of thiazole rings is 1. The van der Waals surface area contributed by atoms with Gasteiger partial charge in [0.05, 0.1) is 18.2 Å². The summed E-state index contributed by atoms with van der Waals surface area (Å²) in [5, 5.41) is 0. The van der Waals surface area contributed by atoms with Crippen molar-refractivity contribution in [2.45, 2.75) is 27.3 Å². The predicted octanol–water partition coefficient (Wildman–Crippen LogP) is 3.98. The van der Waals surface area contributed by atoms with Crippen LogP contribution in [0.5, 0.6) is 11.5 Å². The Kier molecular flexibility index (Phi) is 7.74. The van der Waals surface area contributed by atoms with Gasteiger partial charge in [0.1, 0.15) is 22.8 Å². The van der Waals surface area contributed by atoms with Crippen LogP contribution in [0.15, 0.2) is 57.8 Å². The minimum Gasteiger partial charge on any atom is -0.497 e. The molecule has 0 N–H and O–H groups in total.